The van der Waals surface area contributed by atoms with Crippen molar-refractivity contribution in [3.8, 4) is 5.75 Å². The van der Waals surface area contributed by atoms with Crippen LogP contribution in [0.1, 0.15) is 11.3 Å². The van der Waals surface area contributed by atoms with E-state index in [2.05, 4.69) is 4.98 Å². The number of aromatic hydroxyl groups is 1. The highest BCUT2D eigenvalue weighted by atomic mass is 16.6. The number of nitrogens with zero attached hydrogens (tertiary/aromatic N) is 2. The standard InChI is InChI=1S/C7H8N2O3/c1-4-6(9(11)12)3-8-5(2)7(4)10/h3,10H,1-2H3. The van der Waals surface area contributed by atoms with Crippen LogP contribution in [0.4, 0.5) is 5.69 Å². The summed E-state index contributed by atoms with van der Waals surface area (Å²) >= 11 is 0. The van der Waals surface area contributed by atoms with Crippen molar-refractivity contribution >= 4 is 5.69 Å². The number of nitro groups is 1. The van der Waals surface area contributed by atoms with Gasteiger partial charge in [-0.1, -0.05) is 0 Å². The summed E-state index contributed by atoms with van der Waals surface area (Å²) in [6.45, 7) is 3.08. The largest absolute Gasteiger partial charge is 0.506 e. The third-order valence-corrected chi connectivity index (χ3v) is 1.66. The lowest BCUT2D eigenvalue weighted by atomic mass is 10.2. The summed E-state index contributed by atoms with van der Waals surface area (Å²) in [6, 6.07) is 0. The summed E-state index contributed by atoms with van der Waals surface area (Å²) in [7, 11) is 0. The molecule has 64 valence electrons. The zero-order valence-electron chi connectivity index (χ0n) is 6.74. The highest BCUT2D eigenvalue weighted by Gasteiger charge is 2.15. The number of pyridine rings is 1. The molecule has 0 aliphatic heterocycles. The highest BCUT2D eigenvalue weighted by molar-refractivity contribution is 5.47. The summed E-state index contributed by atoms with van der Waals surface area (Å²) in [6.07, 6.45) is 1.14. The molecule has 5 heteroatoms. The Morgan fingerprint density at radius 3 is 2.67 bits per heavy atom. The number of aryl methyl sites for hydroxylation is 1. The maximum Gasteiger partial charge on any atom is 0.294 e. The van der Waals surface area contributed by atoms with Gasteiger partial charge in [-0.15, -0.1) is 0 Å². The molecule has 5 nitrogen and oxygen atoms in total. The zero-order valence-corrected chi connectivity index (χ0v) is 6.74. The lowest BCUT2D eigenvalue weighted by Gasteiger charge is -2.01. The van der Waals surface area contributed by atoms with Crippen molar-refractivity contribution in [1.29, 1.82) is 0 Å². The van der Waals surface area contributed by atoms with E-state index in [1.807, 2.05) is 0 Å². The lowest BCUT2D eigenvalue weighted by molar-refractivity contribution is -0.385. The van der Waals surface area contributed by atoms with E-state index in [-0.39, 0.29) is 17.0 Å². The van der Waals surface area contributed by atoms with E-state index < -0.39 is 4.92 Å². The molecule has 0 saturated heterocycles. The fourth-order valence-corrected chi connectivity index (χ4v) is 0.893. The molecule has 0 aliphatic rings. The second-order valence-electron chi connectivity index (χ2n) is 2.46. The second-order valence-corrected chi connectivity index (χ2v) is 2.46. The summed E-state index contributed by atoms with van der Waals surface area (Å²) in [5, 5.41) is 19.6. The summed E-state index contributed by atoms with van der Waals surface area (Å²) in [4.78, 5) is 13.4. The fraction of sp³-hybridized carbons (Fsp3) is 0.286. The molecular formula is C7H8N2O3. The van der Waals surface area contributed by atoms with Gasteiger partial charge in [-0.3, -0.25) is 15.1 Å². The highest BCUT2D eigenvalue weighted by Crippen LogP contribution is 2.27. The second kappa shape index (κ2) is 2.77. The minimum absolute atomic E-state index is 0.107. The predicted molar refractivity (Wildman–Crippen MR) is 42.0 cm³/mol. The van der Waals surface area contributed by atoms with Crippen LogP contribution >= 0.6 is 0 Å². The Morgan fingerprint density at radius 2 is 2.17 bits per heavy atom. The average molecular weight is 168 g/mol. The van der Waals surface area contributed by atoms with Crippen molar-refractivity contribution in [1.82, 2.24) is 4.98 Å². The number of hydrogen-bond donors (Lipinski definition) is 1. The van der Waals surface area contributed by atoms with Gasteiger partial charge in [0, 0.05) is 0 Å². The third kappa shape index (κ3) is 1.20. The Hall–Kier alpha value is -1.65. The van der Waals surface area contributed by atoms with E-state index in [4.69, 9.17) is 0 Å². The van der Waals surface area contributed by atoms with Crippen LogP contribution in [0.15, 0.2) is 6.20 Å². The van der Waals surface area contributed by atoms with Crippen LogP contribution in [-0.4, -0.2) is 15.0 Å². The lowest BCUT2D eigenvalue weighted by Crippen LogP contribution is -1.95. The Balaban J connectivity index is 3.36. The maximum atomic E-state index is 10.3. The molecule has 0 saturated carbocycles. The molecule has 0 atom stereocenters. The first-order chi connectivity index (χ1) is 5.54. The van der Waals surface area contributed by atoms with Gasteiger partial charge in [0.25, 0.3) is 5.69 Å². The molecular weight excluding hydrogens is 160 g/mol. The molecule has 1 aromatic heterocycles. The van der Waals surface area contributed by atoms with Crippen molar-refractivity contribution in [2.24, 2.45) is 0 Å². The topological polar surface area (TPSA) is 76.3 Å². The van der Waals surface area contributed by atoms with Crippen molar-refractivity contribution in [3.63, 3.8) is 0 Å². The van der Waals surface area contributed by atoms with Crippen LogP contribution in [0.25, 0.3) is 0 Å². The molecule has 1 rings (SSSR count). The Bertz CT molecular complexity index is 336. The quantitative estimate of drug-likeness (QED) is 0.506. The minimum Gasteiger partial charge on any atom is -0.506 e. The third-order valence-electron chi connectivity index (χ3n) is 1.66. The van der Waals surface area contributed by atoms with Gasteiger partial charge < -0.3 is 5.11 Å². The molecule has 0 aliphatic carbocycles. The van der Waals surface area contributed by atoms with Crippen LogP contribution in [0, 0.1) is 24.0 Å². The van der Waals surface area contributed by atoms with Gasteiger partial charge in [-0.05, 0) is 13.8 Å². The van der Waals surface area contributed by atoms with E-state index in [0.29, 0.717) is 5.69 Å². The molecule has 1 aromatic rings. The molecule has 0 aromatic carbocycles. The van der Waals surface area contributed by atoms with Crippen molar-refractivity contribution < 1.29 is 10.0 Å². The fourth-order valence-electron chi connectivity index (χ4n) is 0.893. The van der Waals surface area contributed by atoms with E-state index in [9.17, 15) is 15.2 Å². The molecule has 12 heavy (non-hydrogen) atoms. The first kappa shape index (κ1) is 8.45. The zero-order chi connectivity index (χ0) is 9.30. The van der Waals surface area contributed by atoms with Crippen LogP contribution in [-0.2, 0) is 0 Å². The molecule has 0 fully saturated rings. The molecule has 0 bridgehead atoms. The molecule has 0 unspecified atom stereocenters. The summed E-state index contributed by atoms with van der Waals surface area (Å²) in [5.41, 5.74) is 0.503. The molecule has 1 heterocycles. The molecule has 0 amide bonds. The van der Waals surface area contributed by atoms with E-state index >= 15 is 0 Å². The Kier molecular flexibility index (Phi) is 1.95. The van der Waals surface area contributed by atoms with Crippen molar-refractivity contribution in [2.45, 2.75) is 13.8 Å². The van der Waals surface area contributed by atoms with Crippen molar-refractivity contribution in [3.05, 3.63) is 27.6 Å². The average Bonchev–Trinajstić information content (AvgIpc) is 2.00. The number of aromatic nitrogens is 1. The number of hydrogen-bond acceptors (Lipinski definition) is 4. The molecule has 1 N–H and O–H groups in total. The van der Waals surface area contributed by atoms with Gasteiger partial charge in [-0.25, -0.2) is 0 Å². The van der Waals surface area contributed by atoms with Gasteiger partial charge in [0.1, 0.15) is 11.9 Å². The van der Waals surface area contributed by atoms with Gasteiger partial charge in [-0.2, -0.15) is 0 Å². The Labute approximate surface area is 68.8 Å². The van der Waals surface area contributed by atoms with Gasteiger partial charge in [0.15, 0.2) is 0 Å². The van der Waals surface area contributed by atoms with Gasteiger partial charge in [0.2, 0.25) is 0 Å². The minimum atomic E-state index is -0.568. The molecule has 0 radical (unpaired) electrons. The van der Waals surface area contributed by atoms with Crippen LogP contribution in [0.5, 0.6) is 5.75 Å². The van der Waals surface area contributed by atoms with Gasteiger partial charge >= 0.3 is 0 Å². The van der Waals surface area contributed by atoms with Crippen LogP contribution < -0.4 is 0 Å². The normalized spacial score (nSPS) is 9.83. The smallest absolute Gasteiger partial charge is 0.294 e. The van der Waals surface area contributed by atoms with E-state index in [0.717, 1.165) is 6.20 Å². The SMILES string of the molecule is Cc1ncc([N+](=O)[O-])c(C)c1O. The Morgan fingerprint density at radius 1 is 1.58 bits per heavy atom. The van der Waals surface area contributed by atoms with E-state index in [1.165, 1.54) is 6.92 Å². The predicted octanol–water partition coefficient (Wildman–Crippen LogP) is 1.31. The summed E-state index contributed by atoms with van der Waals surface area (Å²) < 4.78 is 0. The number of rotatable bonds is 1. The van der Waals surface area contributed by atoms with Crippen LogP contribution in [0.2, 0.25) is 0 Å². The molecule has 0 spiro atoms. The summed E-state index contributed by atoms with van der Waals surface area (Å²) in [5.74, 6) is -0.107. The first-order valence-corrected chi connectivity index (χ1v) is 3.33. The van der Waals surface area contributed by atoms with Crippen LogP contribution in [0.3, 0.4) is 0 Å². The monoisotopic (exact) mass is 168 g/mol. The first-order valence-electron chi connectivity index (χ1n) is 3.33. The van der Waals surface area contributed by atoms with Gasteiger partial charge in [0.05, 0.1) is 16.2 Å². The van der Waals surface area contributed by atoms with E-state index in [1.54, 1.807) is 6.92 Å². The maximum absolute atomic E-state index is 10.3. The van der Waals surface area contributed by atoms with Crippen molar-refractivity contribution in [2.75, 3.05) is 0 Å².